The van der Waals surface area contributed by atoms with Gasteiger partial charge < -0.3 is 4.42 Å². The van der Waals surface area contributed by atoms with E-state index in [0.29, 0.717) is 4.57 Å². The summed E-state index contributed by atoms with van der Waals surface area (Å²) in [6.45, 7) is 1.11. The molecule has 0 saturated carbocycles. The second-order valence-electron chi connectivity index (χ2n) is 4.13. The number of Topliss-reactive ketones (excluding diaryl/α,β-unsaturated/α-hetero) is 1. The van der Waals surface area contributed by atoms with Crippen LogP contribution in [0.3, 0.4) is 0 Å². The summed E-state index contributed by atoms with van der Waals surface area (Å²) in [6.07, 6.45) is 2.15. The van der Waals surface area contributed by atoms with Gasteiger partial charge in [0.2, 0.25) is 5.78 Å². The van der Waals surface area contributed by atoms with E-state index in [1.54, 1.807) is 6.92 Å². The van der Waals surface area contributed by atoms with Crippen LogP contribution in [0, 0.1) is 10.1 Å². The van der Waals surface area contributed by atoms with Crippen LogP contribution in [0.2, 0.25) is 0 Å². The van der Waals surface area contributed by atoms with Gasteiger partial charge in [-0.3, -0.25) is 24.3 Å². The summed E-state index contributed by atoms with van der Waals surface area (Å²) >= 11 is 0. The summed E-state index contributed by atoms with van der Waals surface area (Å²) in [5.74, 6) is -0.654. The lowest BCUT2D eigenvalue weighted by molar-refractivity contribution is -0.387. The third-order valence-electron chi connectivity index (χ3n) is 2.85. The number of hydrogen-bond acceptors (Lipinski definition) is 6. The van der Waals surface area contributed by atoms with E-state index in [-0.39, 0.29) is 12.3 Å². The Hall–Kier alpha value is -2.97. The standard InChI is InChI=1S/C12H11N3O6/c1-2-13-6-8(15(19)20)11(17)14(12(13)18)7-9(16)10-4-3-5-21-10/h3-6H,2,7H2,1H3. The largest absolute Gasteiger partial charge is 0.461 e. The van der Waals surface area contributed by atoms with Gasteiger partial charge in [-0.2, -0.15) is 0 Å². The van der Waals surface area contributed by atoms with E-state index in [4.69, 9.17) is 4.42 Å². The SMILES string of the molecule is CCn1cc([N+](=O)[O-])c(=O)n(CC(=O)c2ccco2)c1=O. The van der Waals surface area contributed by atoms with Crippen LogP contribution in [-0.2, 0) is 13.1 Å². The minimum absolute atomic E-state index is 0.0316. The van der Waals surface area contributed by atoms with Crippen molar-refractivity contribution in [1.82, 2.24) is 9.13 Å². The van der Waals surface area contributed by atoms with E-state index < -0.39 is 34.2 Å². The van der Waals surface area contributed by atoms with Gasteiger partial charge in [-0.15, -0.1) is 0 Å². The van der Waals surface area contributed by atoms with Crippen molar-refractivity contribution in [2.24, 2.45) is 0 Å². The first-order valence-corrected chi connectivity index (χ1v) is 6.01. The van der Waals surface area contributed by atoms with Gasteiger partial charge in [-0.1, -0.05) is 0 Å². The van der Waals surface area contributed by atoms with Gasteiger partial charge in [0.25, 0.3) is 0 Å². The summed E-state index contributed by atoms with van der Waals surface area (Å²) in [5, 5.41) is 10.8. The molecule has 2 heterocycles. The molecule has 9 nitrogen and oxygen atoms in total. The van der Waals surface area contributed by atoms with Gasteiger partial charge in [-0.05, 0) is 19.1 Å². The van der Waals surface area contributed by atoms with E-state index in [9.17, 15) is 24.5 Å². The smallest absolute Gasteiger partial charge is 0.350 e. The van der Waals surface area contributed by atoms with E-state index in [1.807, 2.05) is 0 Å². The summed E-state index contributed by atoms with van der Waals surface area (Å²) in [7, 11) is 0. The molecule has 0 fully saturated rings. The second-order valence-corrected chi connectivity index (χ2v) is 4.13. The molecule has 0 aromatic carbocycles. The van der Waals surface area contributed by atoms with Crippen molar-refractivity contribution in [3.63, 3.8) is 0 Å². The minimum atomic E-state index is -1.12. The normalized spacial score (nSPS) is 10.5. The maximum Gasteiger partial charge on any atom is 0.350 e. The fourth-order valence-electron chi connectivity index (χ4n) is 1.79. The van der Waals surface area contributed by atoms with Crippen LogP contribution in [0.15, 0.2) is 38.6 Å². The number of ketones is 1. The molecule has 0 N–H and O–H groups in total. The summed E-state index contributed by atoms with van der Waals surface area (Å²) in [4.78, 5) is 45.8. The Kier molecular flexibility index (Phi) is 3.83. The molecule has 0 radical (unpaired) electrons. The maximum absolute atomic E-state index is 12.0. The van der Waals surface area contributed by atoms with Crippen molar-refractivity contribution in [3.8, 4) is 0 Å². The molecule has 21 heavy (non-hydrogen) atoms. The molecular weight excluding hydrogens is 282 g/mol. The number of furan rings is 1. The van der Waals surface area contributed by atoms with E-state index in [2.05, 4.69) is 0 Å². The van der Waals surface area contributed by atoms with Crippen molar-refractivity contribution in [2.75, 3.05) is 0 Å². The van der Waals surface area contributed by atoms with Crippen LogP contribution < -0.4 is 11.2 Å². The molecule has 0 aliphatic carbocycles. The molecular formula is C12H11N3O6. The number of rotatable bonds is 5. The Morgan fingerprint density at radius 3 is 2.67 bits per heavy atom. The van der Waals surface area contributed by atoms with Gasteiger partial charge in [-0.25, -0.2) is 9.36 Å². The molecule has 110 valence electrons. The quantitative estimate of drug-likeness (QED) is 0.447. The molecule has 0 amide bonds. The van der Waals surface area contributed by atoms with Crippen molar-refractivity contribution in [1.29, 1.82) is 0 Å². The summed E-state index contributed by atoms with van der Waals surface area (Å²) in [6, 6.07) is 2.86. The molecule has 9 heteroatoms. The molecule has 0 atom stereocenters. The van der Waals surface area contributed by atoms with Crippen molar-refractivity contribution in [2.45, 2.75) is 20.0 Å². The first kappa shape index (κ1) is 14.4. The number of carbonyl (C=O) groups excluding carboxylic acids is 1. The fourth-order valence-corrected chi connectivity index (χ4v) is 1.79. The van der Waals surface area contributed by atoms with Crippen LogP contribution in [0.1, 0.15) is 17.5 Å². The molecule has 0 unspecified atom stereocenters. The molecule has 0 bridgehead atoms. The Balaban J connectivity index is 2.55. The molecule has 0 aliphatic rings. The predicted octanol–water partition coefficient (Wildman–Crippen LogP) is 0.414. The Morgan fingerprint density at radius 1 is 1.43 bits per heavy atom. The summed E-state index contributed by atoms with van der Waals surface area (Å²) < 4.78 is 6.40. The number of carbonyl (C=O) groups is 1. The molecule has 2 aromatic rings. The van der Waals surface area contributed by atoms with Gasteiger partial charge in [0, 0.05) is 6.54 Å². The van der Waals surface area contributed by atoms with E-state index >= 15 is 0 Å². The first-order valence-electron chi connectivity index (χ1n) is 6.01. The highest BCUT2D eigenvalue weighted by Crippen LogP contribution is 2.04. The minimum Gasteiger partial charge on any atom is -0.461 e. The number of nitro groups is 1. The Morgan fingerprint density at radius 2 is 2.14 bits per heavy atom. The van der Waals surface area contributed by atoms with Gasteiger partial charge in [0.05, 0.1) is 23.9 Å². The molecule has 0 saturated heterocycles. The average Bonchev–Trinajstić information content (AvgIpc) is 2.97. The summed E-state index contributed by atoms with van der Waals surface area (Å²) in [5.41, 5.74) is -2.66. The van der Waals surface area contributed by atoms with Gasteiger partial charge in [0.15, 0.2) is 5.76 Å². The zero-order valence-electron chi connectivity index (χ0n) is 11.0. The van der Waals surface area contributed by atoms with Crippen LogP contribution >= 0.6 is 0 Å². The van der Waals surface area contributed by atoms with Gasteiger partial charge in [0.1, 0.15) is 0 Å². The molecule has 0 aliphatic heterocycles. The molecule has 0 spiro atoms. The fraction of sp³-hybridized carbons (Fsp3) is 0.250. The monoisotopic (exact) mass is 293 g/mol. The molecule has 2 rings (SSSR count). The van der Waals surface area contributed by atoms with Crippen molar-refractivity contribution >= 4 is 11.5 Å². The number of aryl methyl sites for hydroxylation is 1. The number of nitrogens with zero attached hydrogens (tertiary/aromatic N) is 3. The topological polar surface area (TPSA) is 117 Å². The van der Waals surface area contributed by atoms with Crippen LogP contribution in [0.4, 0.5) is 5.69 Å². The number of aromatic nitrogens is 2. The van der Waals surface area contributed by atoms with Crippen molar-refractivity contribution in [3.05, 3.63) is 61.3 Å². The van der Waals surface area contributed by atoms with Crippen LogP contribution in [-0.4, -0.2) is 19.8 Å². The third kappa shape index (κ3) is 2.66. The van der Waals surface area contributed by atoms with Gasteiger partial charge >= 0.3 is 16.9 Å². The third-order valence-corrected chi connectivity index (χ3v) is 2.85. The molecule has 2 aromatic heterocycles. The van der Waals surface area contributed by atoms with Crippen molar-refractivity contribution < 1.29 is 14.1 Å². The average molecular weight is 293 g/mol. The lowest BCUT2D eigenvalue weighted by atomic mass is 10.3. The number of hydrogen-bond donors (Lipinski definition) is 0. The Labute approximate surface area is 117 Å². The Bertz CT molecular complexity index is 799. The lowest BCUT2D eigenvalue weighted by Gasteiger charge is -2.07. The lowest BCUT2D eigenvalue weighted by Crippen LogP contribution is -2.41. The zero-order chi connectivity index (χ0) is 15.6. The van der Waals surface area contributed by atoms with E-state index in [0.717, 1.165) is 10.8 Å². The van der Waals surface area contributed by atoms with Crippen LogP contribution in [0.25, 0.3) is 0 Å². The highest BCUT2D eigenvalue weighted by atomic mass is 16.6. The van der Waals surface area contributed by atoms with E-state index in [1.165, 1.54) is 18.4 Å². The zero-order valence-corrected chi connectivity index (χ0v) is 11.0. The van der Waals surface area contributed by atoms with Crippen LogP contribution in [0.5, 0.6) is 0 Å². The highest BCUT2D eigenvalue weighted by Gasteiger charge is 2.21. The second kappa shape index (κ2) is 5.57. The highest BCUT2D eigenvalue weighted by molar-refractivity contribution is 5.93. The first-order chi connectivity index (χ1) is 9.95. The maximum atomic E-state index is 12.0. The predicted molar refractivity (Wildman–Crippen MR) is 70.3 cm³/mol.